The van der Waals surface area contributed by atoms with Crippen LogP contribution in [0.2, 0.25) is 0 Å². The molecule has 0 spiro atoms. The summed E-state index contributed by atoms with van der Waals surface area (Å²) in [5.74, 6) is 0. The van der Waals surface area contributed by atoms with E-state index in [1.54, 1.807) is 0 Å². The lowest BCUT2D eigenvalue weighted by atomic mass is 9.98. The van der Waals surface area contributed by atoms with E-state index in [0.717, 1.165) is 45.8 Å². The van der Waals surface area contributed by atoms with Crippen molar-refractivity contribution >= 4 is 11.8 Å². The molecule has 0 bridgehead atoms. The molecule has 1 aliphatic heterocycles. The molecule has 1 unspecified atom stereocenters. The summed E-state index contributed by atoms with van der Waals surface area (Å²) < 4.78 is 11.2. The van der Waals surface area contributed by atoms with Crippen LogP contribution in [0.3, 0.4) is 0 Å². The van der Waals surface area contributed by atoms with Crippen molar-refractivity contribution in [3.63, 3.8) is 0 Å². The Kier molecular flexibility index (Phi) is 6.73. The van der Waals surface area contributed by atoms with Crippen molar-refractivity contribution in [2.45, 2.75) is 37.5 Å². The monoisotopic (exact) mass is 247 g/mol. The van der Waals surface area contributed by atoms with Gasteiger partial charge in [0.05, 0.1) is 6.61 Å². The summed E-state index contributed by atoms with van der Waals surface area (Å²) >= 11 is 1.98. The molecular formula is C12H25NO2S. The lowest BCUT2D eigenvalue weighted by Gasteiger charge is -2.36. The van der Waals surface area contributed by atoms with Gasteiger partial charge in [-0.25, -0.2) is 0 Å². The third kappa shape index (κ3) is 4.62. The Hall–Kier alpha value is 0.230. The van der Waals surface area contributed by atoms with Gasteiger partial charge >= 0.3 is 0 Å². The number of ether oxygens (including phenoxy) is 2. The summed E-state index contributed by atoms with van der Waals surface area (Å²) in [6, 6.07) is 0.437. The van der Waals surface area contributed by atoms with Gasteiger partial charge in [-0.3, -0.25) is 0 Å². The Morgan fingerprint density at radius 1 is 1.44 bits per heavy atom. The van der Waals surface area contributed by atoms with Crippen LogP contribution < -0.4 is 5.32 Å². The molecule has 1 atom stereocenters. The van der Waals surface area contributed by atoms with E-state index in [-0.39, 0.29) is 0 Å². The highest BCUT2D eigenvalue weighted by Crippen LogP contribution is 2.33. The van der Waals surface area contributed by atoms with E-state index < -0.39 is 0 Å². The fourth-order valence-electron chi connectivity index (χ4n) is 1.91. The molecule has 1 fully saturated rings. The molecule has 1 aliphatic rings. The van der Waals surface area contributed by atoms with Crippen LogP contribution in [-0.4, -0.2) is 50.0 Å². The van der Waals surface area contributed by atoms with Crippen LogP contribution in [-0.2, 0) is 9.47 Å². The van der Waals surface area contributed by atoms with Crippen molar-refractivity contribution in [3.05, 3.63) is 0 Å². The molecule has 0 aromatic carbocycles. The smallest absolute Gasteiger partial charge is 0.0616 e. The molecule has 1 saturated heterocycles. The van der Waals surface area contributed by atoms with E-state index in [1.807, 2.05) is 18.7 Å². The minimum absolute atomic E-state index is 0.374. The maximum absolute atomic E-state index is 5.43. The molecule has 1 N–H and O–H groups in total. The summed E-state index contributed by atoms with van der Waals surface area (Å²) in [7, 11) is 0. The highest BCUT2D eigenvalue weighted by molar-refractivity contribution is 8.00. The van der Waals surface area contributed by atoms with Crippen LogP contribution in [0, 0.1) is 0 Å². The molecule has 0 amide bonds. The molecule has 0 aromatic rings. The summed E-state index contributed by atoms with van der Waals surface area (Å²) in [6.45, 7) is 8.69. The minimum Gasteiger partial charge on any atom is -0.381 e. The number of hydrogen-bond acceptors (Lipinski definition) is 4. The van der Waals surface area contributed by atoms with E-state index in [0.29, 0.717) is 10.8 Å². The first-order valence-corrected chi connectivity index (χ1v) is 7.39. The second kappa shape index (κ2) is 7.54. The van der Waals surface area contributed by atoms with Gasteiger partial charge in [-0.15, -0.1) is 0 Å². The van der Waals surface area contributed by atoms with Crippen molar-refractivity contribution in [2.24, 2.45) is 0 Å². The SMILES string of the molecule is CCOCC(C)NCC1(SC)CCOCC1. The summed E-state index contributed by atoms with van der Waals surface area (Å²) in [5, 5.41) is 3.58. The molecule has 96 valence electrons. The molecule has 4 heteroatoms. The van der Waals surface area contributed by atoms with Gasteiger partial charge in [0.25, 0.3) is 0 Å². The highest BCUT2D eigenvalue weighted by Gasteiger charge is 2.31. The van der Waals surface area contributed by atoms with Crippen LogP contribution in [0.25, 0.3) is 0 Å². The molecule has 0 saturated carbocycles. The van der Waals surface area contributed by atoms with Gasteiger partial charge in [-0.2, -0.15) is 11.8 Å². The van der Waals surface area contributed by atoms with E-state index in [1.165, 1.54) is 0 Å². The lowest BCUT2D eigenvalue weighted by Crippen LogP contribution is -2.46. The summed E-state index contributed by atoms with van der Waals surface area (Å²) in [5.41, 5.74) is 0. The highest BCUT2D eigenvalue weighted by atomic mass is 32.2. The number of hydrogen-bond donors (Lipinski definition) is 1. The van der Waals surface area contributed by atoms with Gasteiger partial charge in [0, 0.05) is 37.2 Å². The average molecular weight is 247 g/mol. The third-order valence-corrected chi connectivity index (χ3v) is 4.60. The maximum atomic E-state index is 5.43. The first kappa shape index (κ1) is 14.3. The van der Waals surface area contributed by atoms with Crippen LogP contribution in [0.5, 0.6) is 0 Å². The van der Waals surface area contributed by atoms with Gasteiger partial charge in [-0.1, -0.05) is 0 Å². The standard InChI is InChI=1S/C12H25NO2S/c1-4-14-9-11(2)13-10-12(16-3)5-7-15-8-6-12/h11,13H,4-10H2,1-3H3. The second-order valence-corrected chi connectivity index (χ2v) is 5.72. The summed E-state index contributed by atoms with van der Waals surface area (Å²) in [4.78, 5) is 0. The van der Waals surface area contributed by atoms with Crippen molar-refractivity contribution in [2.75, 3.05) is 39.2 Å². The lowest BCUT2D eigenvalue weighted by molar-refractivity contribution is 0.0741. The first-order chi connectivity index (χ1) is 7.72. The Morgan fingerprint density at radius 2 is 2.12 bits per heavy atom. The van der Waals surface area contributed by atoms with Gasteiger partial charge < -0.3 is 14.8 Å². The zero-order valence-electron chi connectivity index (χ0n) is 10.8. The van der Waals surface area contributed by atoms with E-state index in [4.69, 9.17) is 9.47 Å². The molecule has 16 heavy (non-hydrogen) atoms. The van der Waals surface area contributed by atoms with Gasteiger partial charge in [0.15, 0.2) is 0 Å². The summed E-state index contributed by atoms with van der Waals surface area (Å²) in [6.07, 6.45) is 4.52. The Morgan fingerprint density at radius 3 is 2.69 bits per heavy atom. The first-order valence-electron chi connectivity index (χ1n) is 6.16. The third-order valence-electron chi connectivity index (χ3n) is 3.18. The maximum Gasteiger partial charge on any atom is 0.0616 e. The largest absolute Gasteiger partial charge is 0.381 e. The second-order valence-electron chi connectivity index (χ2n) is 4.44. The molecular weight excluding hydrogens is 222 g/mol. The van der Waals surface area contributed by atoms with Crippen LogP contribution in [0.4, 0.5) is 0 Å². The average Bonchev–Trinajstić information content (AvgIpc) is 2.35. The van der Waals surface area contributed by atoms with Crippen molar-refractivity contribution < 1.29 is 9.47 Å². The predicted molar refractivity (Wildman–Crippen MR) is 70.3 cm³/mol. The Labute approximate surface area is 104 Å². The fourth-order valence-corrected chi connectivity index (χ4v) is 2.71. The van der Waals surface area contributed by atoms with Gasteiger partial charge in [-0.05, 0) is 32.9 Å². The predicted octanol–water partition coefficient (Wildman–Crippen LogP) is 1.91. The van der Waals surface area contributed by atoms with Crippen LogP contribution >= 0.6 is 11.8 Å². The van der Waals surface area contributed by atoms with E-state index in [9.17, 15) is 0 Å². The number of thioether (sulfide) groups is 1. The van der Waals surface area contributed by atoms with E-state index in [2.05, 4.69) is 18.5 Å². The van der Waals surface area contributed by atoms with Crippen molar-refractivity contribution in [3.8, 4) is 0 Å². The molecule has 0 aliphatic carbocycles. The quantitative estimate of drug-likeness (QED) is 0.744. The molecule has 0 aromatic heterocycles. The number of nitrogens with one attached hydrogen (secondary N) is 1. The van der Waals surface area contributed by atoms with Crippen LogP contribution in [0.1, 0.15) is 26.7 Å². The number of rotatable bonds is 7. The van der Waals surface area contributed by atoms with Gasteiger partial charge in [0.1, 0.15) is 0 Å². The Bertz CT molecular complexity index is 184. The molecule has 0 radical (unpaired) electrons. The van der Waals surface area contributed by atoms with Crippen molar-refractivity contribution in [1.29, 1.82) is 0 Å². The topological polar surface area (TPSA) is 30.5 Å². The van der Waals surface area contributed by atoms with Gasteiger partial charge in [0.2, 0.25) is 0 Å². The van der Waals surface area contributed by atoms with Crippen LogP contribution in [0.15, 0.2) is 0 Å². The Balaban J connectivity index is 2.27. The normalized spacial score (nSPS) is 21.9. The molecule has 1 heterocycles. The fraction of sp³-hybridized carbons (Fsp3) is 1.00. The minimum atomic E-state index is 0.374. The zero-order valence-corrected chi connectivity index (χ0v) is 11.6. The molecule has 3 nitrogen and oxygen atoms in total. The molecule has 1 rings (SSSR count). The van der Waals surface area contributed by atoms with E-state index >= 15 is 0 Å². The zero-order chi connectivity index (χ0) is 11.9. The van der Waals surface area contributed by atoms with Crippen molar-refractivity contribution in [1.82, 2.24) is 5.32 Å².